The molecule has 3 aromatic carbocycles. The van der Waals surface area contributed by atoms with E-state index in [-0.39, 0.29) is 0 Å². The highest BCUT2D eigenvalue weighted by Gasteiger charge is 2.18. The number of rotatable bonds is 0. The number of hydrogen-bond acceptors (Lipinski definition) is 1. The van der Waals surface area contributed by atoms with Gasteiger partial charge in [-0.3, -0.25) is 0 Å². The van der Waals surface area contributed by atoms with E-state index in [0.717, 1.165) is 5.75 Å². The second-order valence-corrected chi connectivity index (χ2v) is 5.11. The molecule has 0 N–H and O–H groups in total. The Morgan fingerprint density at radius 3 is 2.74 bits per heavy atom. The summed E-state index contributed by atoms with van der Waals surface area (Å²) >= 11 is 0. The van der Waals surface area contributed by atoms with Crippen LogP contribution in [0.2, 0.25) is 0 Å². The van der Waals surface area contributed by atoms with E-state index in [0.29, 0.717) is 6.61 Å². The summed E-state index contributed by atoms with van der Waals surface area (Å²) in [5.41, 5.74) is 5.05. The number of hydrogen-bond donors (Lipinski definition) is 0. The van der Waals surface area contributed by atoms with E-state index >= 15 is 0 Å². The molecule has 92 valence electrons. The van der Waals surface area contributed by atoms with Gasteiger partial charge in [-0.1, -0.05) is 60.2 Å². The van der Waals surface area contributed by atoms with Crippen LogP contribution >= 0.6 is 0 Å². The molecule has 0 saturated heterocycles. The predicted octanol–water partition coefficient (Wildman–Crippen LogP) is 4.71. The zero-order valence-corrected chi connectivity index (χ0v) is 10.8. The molecule has 0 spiro atoms. The number of fused-ring (bicyclic) bond motifs is 5. The minimum atomic E-state index is 0.663. The number of aryl methyl sites for hydroxylation is 1. The van der Waals surface area contributed by atoms with E-state index < -0.39 is 0 Å². The fourth-order valence-electron chi connectivity index (χ4n) is 2.85. The van der Waals surface area contributed by atoms with Crippen molar-refractivity contribution in [3.8, 4) is 16.9 Å². The molecule has 0 amide bonds. The van der Waals surface area contributed by atoms with Gasteiger partial charge >= 0.3 is 0 Å². The van der Waals surface area contributed by atoms with Gasteiger partial charge < -0.3 is 4.74 Å². The fourth-order valence-corrected chi connectivity index (χ4v) is 2.85. The molecule has 1 aliphatic rings. The highest BCUT2D eigenvalue weighted by molar-refractivity contribution is 5.96. The van der Waals surface area contributed by atoms with E-state index in [2.05, 4.69) is 61.5 Å². The average molecular weight is 246 g/mol. The van der Waals surface area contributed by atoms with Crippen LogP contribution in [0.4, 0.5) is 0 Å². The molecule has 0 aliphatic carbocycles. The van der Waals surface area contributed by atoms with Crippen molar-refractivity contribution in [3.63, 3.8) is 0 Å². The zero-order chi connectivity index (χ0) is 12.8. The molecule has 1 nitrogen and oxygen atoms in total. The summed E-state index contributed by atoms with van der Waals surface area (Å²) in [4.78, 5) is 0. The molecule has 0 atom stereocenters. The summed E-state index contributed by atoms with van der Waals surface area (Å²) in [6, 6.07) is 19.4. The van der Waals surface area contributed by atoms with Gasteiger partial charge in [0.1, 0.15) is 12.4 Å². The molecule has 19 heavy (non-hydrogen) atoms. The minimum absolute atomic E-state index is 0.663. The Labute approximate surface area is 112 Å². The van der Waals surface area contributed by atoms with Crippen molar-refractivity contribution in [2.75, 3.05) is 0 Å². The molecule has 0 fully saturated rings. The van der Waals surface area contributed by atoms with E-state index in [1.165, 1.54) is 33.0 Å². The van der Waals surface area contributed by atoms with Crippen LogP contribution in [0.25, 0.3) is 21.9 Å². The molecule has 1 heteroatoms. The first-order chi connectivity index (χ1) is 9.33. The smallest absolute Gasteiger partial charge is 0.135 e. The maximum atomic E-state index is 6.00. The van der Waals surface area contributed by atoms with Gasteiger partial charge in [0.2, 0.25) is 0 Å². The van der Waals surface area contributed by atoms with Gasteiger partial charge in [0.15, 0.2) is 0 Å². The topological polar surface area (TPSA) is 9.23 Å². The van der Waals surface area contributed by atoms with Crippen LogP contribution in [-0.4, -0.2) is 0 Å². The Bertz CT molecular complexity index is 787. The van der Waals surface area contributed by atoms with Gasteiger partial charge in [0.25, 0.3) is 0 Å². The molecule has 3 aromatic rings. The van der Waals surface area contributed by atoms with E-state index in [9.17, 15) is 0 Å². The lowest BCUT2D eigenvalue weighted by atomic mass is 9.94. The van der Waals surface area contributed by atoms with Crippen molar-refractivity contribution in [2.24, 2.45) is 0 Å². The van der Waals surface area contributed by atoms with Crippen molar-refractivity contribution in [2.45, 2.75) is 13.5 Å². The lowest BCUT2D eigenvalue weighted by Gasteiger charge is -2.22. The molecule has 1 aliphatic heterocycles. The Kier molecular flexibility index (Phi) is 2.16. The molecule has 4 rings (SSSR count). The fraction of sp³-hybridized carbons (Fsp3) is 0.111. The van der Waals surface area contributed by atoms with Gasteiger partial charge in [0.05, 0.1) is 0 Å². The summed E-state index contributed by atoms with van der Waals surface area (Å²) in [5.74, 6) is 1.02. The van der Waals surface area contributed by atoms with Crippen molar-refractivity contribution < 1.29 is 4.74 Å². The van der Waals surface area contributed by atoms with Crippen LogP contribution in [0.15, 0.2) is 54.6 Å². The first kappa shape index (κ1) is 10.6. The normalized spacial score (nSPS) is 12.7. The van der Waals surface area contributed by atoms with Crippen LogP contribution in [-0.2, 0) is 6.61 Å². The molecule has 1 heterocycles. The first-order valence-electron chi connectivity index (χ1n) is 6.57. The molecule has 0 saturated carbocycles. The van der Waals surface area contributed by atoms with Gasteiger partial charge in [-0.15, -0.1) is 0 Å². The Balaban J connectivity index is 2.06. The van der Waals surface area contributed by atoms with Crippen LogP contribution in [0, 0.1) is 6.92 Å². The SMILES string of the molecule is Cc1ccc2c3c(ccc2c1)-c1ccccc1CO3. The molecular weight excluding hydrogens is 232 g/mol. The molecule has 0 aromatic heterocycles. The van der Waals surface area contributed by atoms with Crippen molar-refractivity contribution >= 4 is 10.8 Å². The quantitative estimate of drug-likeness (QED) is 0.558. The van der Waals surface area contributed by atoms with Crippen LogP contribution < -0.4 is 4.74 Å². The van der Waals surface area contributed by atoms with Crippen LogP contribution in [0.5, 0.6) is 5.75 Å². The van der Waals surface area contributed by atoms with E-state index in [4.69, 9.17) is 4.74 Å². The third-order valence-corrected chi connectivity index (χ3v) is 3.81. The van der Waals surface area contributed by atoms with E-state index in [1.54, 1.807) is 0 Å². The zero-order valence-electron chi connectivity index (χ0n) is 10.8. The highest BCUT2D eigenvalue weighted by Crippen LogP contribution is 2.42. The van der Waals surface area contributed by atoms with Crippen molar-refractivity contribution in [1.29, 1.82) is 0 Å². The molecule has 0 bridgehead atoms. The maximum absolute atomic E-state index is 6.00. The molecule has 0 radical (unpaired) electrons. The van der Waals surface area contributed by atoms with Crippen molar-refractivity contribution in [3.05, 3.63) is 65.7 Å². The summed E-state index contributed by atoms with van der Waals surface area (Å²) in [5, 5.41) is 2.45. The van der Waals surface area contributed by atoms with Crippen LogP contribution in [0.1, 0.15) is 11.1 Å². The highest BCUT2D eigenvalue weighted by atomic mass is 16.5. The number of benzene rings is 3. The first-order valence-corrected chi connectivity index (χ1v) is 6.57. The maximum Gasteiger partial charge on any atom is 0.135 e. The Morgan fingerprint density at radius 2 is 1.79 bits per heavy atom. The van der Waals surface area contributed by atoms with Crippen LogP contribution in [0.3, 0.4) is 0 Å². The summed E-state index contributed by atoms with van der Waals surface area (Å²) in [6.07, 6.45) is 0. The van der Waals surface area contributed by atoms with E-state index in [1.807, 2.05) is 0 Å². The second kappa shape index (κ2) is 3.86. The largest absolute Gasteiger partial charge is 0.488 e. The standard InChI is InChI=1S/C18H14O/c1-12-6-8-16-13(10-12)7-9-17-15-5-3-2-4-14(15)11-19-18(16)17/h2-10H,11H2,1H3. The third-order valence-electron chi connectivity index (χ3n) is 3.81. The lowest BCUT2D eigenvalue weighted by Crippen LogP contribution is -2.05. The predicted molar refractivity (Wildman–Crippen MR) is 78.5 cm³/mol. The third kappa shape index (κ3) is 1.55. The number of ether oxygens (including phenoxy) is 1. The molecular formula is C18H14O. The second-order valence-electron chi connectivity index (χ2n) is 5.11. The summed E-state index contributed by atoms with van der Waals surface area (Å²) < 4.78 is 6.00. The van der Waals surface area contributed by atoms with Gasteiger partial charge in [-0.05, 0) is 23.4 Å². The minimum Gasteiger partial charge on any atom is -0.488 e. The summed E-state index contributed by atoms with van der Waals surface area (Å²) in [6.45, 7) is 2.78. The van der Waals surface area contributed by atoms with Gasteiger partial charge in [-0.25, -0.2) is 0 Å². The van der Waals surface area contributed by atoms with Gasteiger partial charge in [0, 0.05) is 10.9 Å². The Morgan fingerprint density at radius 1 is 0.895 bits per heavy atom. The molecule has 0 unspecified atom stereocenters. The lowest BCUT2D eigenvalue weighted by molar-refractivity contribution is 0.306. The Hall–Kier alpha value is -2.28. The summed E-state index contributed by atoms with van der Waals surface area (Å²) in [7, 11) is 0. The monoisotopic (exact) mass is 246 g/mol. The average Bonchev–Trinajstić information content (AvgIpc) is 2.46. The van der Waals surface area contributed by atoms with Crippen molar-refractivity contribution in [1.82, 2.24) is 0 Å². The van der Waals surface area contributed by atoms with Gasteiger partial charge in [-0.2, -0.15) is 0 Å².